The molecule has 1 heterocycles. The van der Waals surface area contributed by atoms with Crippen molar-refractivity contribution in [3.8, 4) is 0 Å². The van der Waals surface area contributed by atoms with E-state index in [1.54, 1.807) is 18.2 Å². The number of nitrogens with one attached hydrogen (secondary N) is 1. The van der Waals surface area contributed by atoms with E-state index in [0.717, 1.165) is 12.8 Å². The molecule has 0 spiro atoms. The molecule has 1 aromatic carbocycles. The van der Waals surface area contributed by atoms with Crippen molar-refractivity contribution >= 4 is 40.7 Å². The molecule has 0 bridgehead atoms. The van der Waals surface area contributed by atoms with E-state index >= 15 is 0 Å². The van der Waals surface area contributed by atoms with Crippen LogP contribution < -0.4 is 10.2 Å². The summed E-state index contributed by atoms with van der Waals surface area (Å²) in [6, 6.07) is 5.41. The van der Waals surface area contributed by atoms with Crippen LogP contribution in [0.2, 0.25) is 10.0 Å². The van der Waals surface area contributed by atoms with Crippen LogP contribution in [-0.4, -0.2) is 24.4 Å². The summed E-state index contributed by atoms with van der Waals surface area (Å²) in [6.07, 6.45) is 2.28. The highest BCUT2D eigenvalue weighted by molar-refractivity contribution is 6.40. The molecule has 1 saturated carbocycles. The van der Waals surface area contributed by atoms with Crippen LogP contribution in [0.3, 0.4) is 0 Å². The standard InChI is InChI=1S/C14H14Cl2N2O2/c15-10-2-1-3-11(16)13(10)18-7-8(6-12(18)19)14(20)17-9-4-5-9/h1-3,8-9H,4-7H2,(H,17,20). The number of hydrogen-bond acceptors (Lipinski definition) is 2. The average molecular weight is 313 g/mol. The predicted octanol–water partition coefficient (Wildman–Crippen LogP) is 2.62. The molecule has 2 fully saturated rings. The Morgan fingerprint density at radius 1 is 1.25 bits per heavy atom. The van der Waals surface area contributed by atoms with Gasteiger partial charge in [-0.2, -0.15) is 0 Å². The summed E-state index contributed by atoms with van der Waals surface area (Å²) in [5, 5.41) is 3.78. The Balaban J connectivity index is 1.78. The molecular formula is C14H14Cl2N2O2. The van der Waals surface area contributed by atoms with Crippen LogP contribution in [-0.2, 0) is 9.59 Å². The van der Waals surface area contributed by atoms with Gasteiger partial charge in [-0.1, -0.05) is 29.3 Å². The zero-order chi connectivity index (χ0) is 14.3. The van der Waals surface area contributed by atoms with Crippen molar-refractivity contribution in [2.75, 3.05) is 11.4 Å². The summed E-state index contributed by atoms with van der Waals surface area (Å²) in [5.41, 5.74) is 0.502. The summed E-state index contributed by atoms with van der Waals surface area (Å²) in [7, 11) is 0. The number of para-hydroxylation sites is 1. The van der Waals surface area contributed by atoms with Crippen LogP contribution in [0.5, 0.6) is 0 Å². The number of anilines is 1. The number of carbonyl (C=O) groups excluding carboxylic acids is 2. The van der Waals surface area contributed by atoms with Crippen molar-refractivity contribution < 1.29 is 9.59 Å². The third-order valence-corrected chi connectivity index (χ3v) is 4.24. The maximum absolute atomic E-state index is 12.1. The molecular weight excluding hydrogens is 299 g/mol. The Bertz CT molecular complexity index is 552. The number of halogens is 2. The lowest BCUT2D eigenvalue weighted by Gasteiger charge is -2.19. The van der Waals surface area contributed by atoms with E-state index in [9.17, 15) is 9.59 Å². The van der Waals surface area contributed by atoms with Gasteiger partial charge in [0.25, 0.3) is 0 Å². The van der Waals surface area contributed by atoms with Gasteiger partial charge in [0.2, 0.25) is 11.8 Å². The van der Waals surface area contributed by atoms with Gasteiger partial charge < -0.3 is 10.2 Å². The van der Waals surface area contributed by atoms with Crippen LogP contribution in [0.15, 0.2) is 18.2 Å². The van der Waals surface area contributed by atoms with Crippen LogP contribution in [0.4, 0.5) is 5.69 Å². The van der Waals surface area contributed by atoms with Gasteiger partial charge >= 0.3 is 0 Å². The molecule has 1 unspecified atom stereocenters. The maximum Gasteiger partial charge on any atom is 0.227 e. The summed E-state index contributed by atoms with van der Waals surface area (Å²) in [4.78, 5) is 25.7. The fourth-order valence-electron chi connectivity index (χ4n) is 2.39. The fourth-order valence-corrected chi connectivity index (χ4v) is 2.99. The molecule has 106 valence electrons. The first-order chi connectivity index (χ1) is 9.56. The largest absolute Gasteiger partial charge is 0.353 e. The second-order valence-corrected chi connectivity index (χ2v) is 6.07. The molecule has 0 radical (unpaired) electrons. The second kappa shape index (κ2) is 5.26. The Kier molecular flexibility index (Phi) is 3.61. The Hall–Kier alpha value is -1.26. The van der Waals surface area contributed by atoms with E-state index in [1.165, 1.54) is 4.90 Å². The van der Waals surface area contributed by atoms with E-state index in [0.29, 0.717) is 28.3 Å². The van der Waals surface area contributed by atoms with Crippen molar-refractivity contribution in [2.45, 2.75) is 25.3 Å². The molecule has 1 aromatic rings. The predicted molar refractivity (Wildman–Crippen MR) is 78.1 cm³/mol. The summed E-state index contributed by atoms with van der Waals surface area (Å²) in [5.74, 6) is -0.488. The van der Waals surface area contributed by atoms with E-state index in [1.807, 2.05) is 0 Å². The molecule has 1 atom stereocenters. The summed E-state index contributed by atoms with van der Waals surface area (Å²) < 4.78 is 0. The Morgan fingerprint density at radius 2 is 1.90 bits per heavy atom. The molecule has 4 nitrogen and oxygen atoms in total. The van der Waals surface area contributed by atoms with Gasteiger partial charge in [-0.15, -0.1) is 0 Å². The summed E-state index contributed by atoms with van der Waals surface area (Å²) >= 11 is 12.2. The number of carbonyl (C=O) groups is 2. The molecule has 1 aliphatic carbocycles. The molecule has 20 heavy (non-hydrogen) atoms. The first-order valence-corrected chi connectivity index (χ1v) is 7.36. The first kappa shape index (κ1) is 13.7. The van der Waals surface area contributed by atoms with Gasteiger partial charge in [-0.25, -0.2) is 0 Å². The van der Waals surface area contributed by atoms with Crippen molar-refractivity contribution in [3.63, 3.8) is 0 Å². The van der Waals surface area contributed by atoms with Gasteiger partial charge in [0.15, 0.2) is 0 Å². The highest BCUT2D eigenvalue weighted by Crippen LogP contribution is 2.37. The molecule has 1 N–H and O–H groups in total. The van der Waals surface area contributed by atoms with Crippen molar-refractivity contribution in [3.05, 3.63) is 28.2 Å². The fraction of sp³-hybridized carbons (Fsp3) is 0.429. The number of nitrogens with zero attached hydrogens (tertiary/aromatic N) is 1. The average Bonchev–Trinajstić information content (AvgIpc) is 3.12. The molecule has 2 amide bonds. The van der Waals surface area contributed by atoms with Gasteiger partial charge in [-0.05, 0) is 25.0 Å². The third-order valence-electron chi connectivity index (χ3n) is 3.63. The lowest BCUT2D eigenvalue weighted by molar-refractivity contribution is -0.126. The van der Waals surface area contributed by atoms with Gasteiger partial charge in [0.1, 0.15) is 0 Å². The minimum atomic E-state index is -0.324. The highest BCUT2D eigenvalue weighted by atomic mass is 35.5. The maximum atomic E-state index is 12.1. The lowest BCUT2D eigenvalue weighted by atomic mass is 10.1. The van der Waals surface area contributed by atoms with Crippen LogP contribution in [0.1, 0.15) is 19.3 Å². The Labute approximate surface area is 127 Å². The Morgan fingerprint density at radius 3 is 2.50 bits per heavy atom. The minimum absolute atomic E-state index is 0.0495. The van der Waals surface area contributed by atoms with Gasteiger partial charge in [0, 0.05) is 19.0 Å². The summed E-state index contributed by atoms with van der Waals surface area (Å²) in [6.45, 7) is 0.334. The lowest BCUT2D eigenvalue weighted by Crippen LogP contribution is -2.34. The van der Waals surface area contributed by atoms with E-state index in [4.69, 9.17) is 23.2 Å². The smallest absolute Gasteiger partial charge is 0.227 e. The zero-order valence-electron chi connectivity index (χ0n) is 10.7. The molecule has 1 aliphatic heterocycles. The number of benzene rings is 1. The van der Waals surface area contributed by atoms with Crippen molar-refractivity contribution in [1.82, 2.24) is 5.32 Å². The number of hydrogen-bond donors (Lipinski definition) is 1. The second-order valence-electron chi connectivity index (χ2n) is 5.26. The molecule has 3 rings (SSSR count). The van der Waals surface area contributed by atoms with Gasteiger partial charge in [-0.3, -0.25) is 9.59 Å². The third kappa shape index (κ3) is 2.63. The normalized spacial score (nSPS) is 22.2. The monoisotopic (exact) mass is 312 g/mol. The van der Waals surface area contributed by atoms with Crippen molar-refractivity contribution in [1.29, 1.82) is 0 Å². The van der Waals surface area contributed by atoms with E-state index < -0.39 is 0 Å². The minimum Gasteiger partial charge on any atom is -0.353 e. The molecule has 2 aliphatic rings. The topological polar surface area (TPSA) is 49.4 Å². The number of amides is 2. The molecule has 6 heteroatoms. The number of rotatable bonds is 3. The molecule has 1 saturated heterocycles. The SMILES string of the molecule is O=C(NC1CC1)C1CC(=O)N(c2c(Cl)cccc2Cl)C1. The molecule has 0 aromatic heterocycles. The van der Waals surface area contributed by atoms with Crippen LogP contribution >= 0.6 is 23.2 Å². The van der Waals surface area contributed by atoms with Crippen molar-refractivity contribution in [2.24, 2.45) is 5.92 Å². The van der Waals surface area contributed by atoms with E-state index in [2.05, 4.69) is 5.32 Å². The zero-order valence-corrected chi connectivity index (χ0v) is 12.2. The van der Waals surface area contributed by atoms with Crippen LogP contribution in [0.25, 0.3) is 0 Å². The quantitative estimate of drug-likeness (QED) is 0.932. The van der Waals surface area contributed by atoms with Gasteiger partial charge in [0.05, 0.1) is 21.7 Å². The van der Waals surface area contributed by atoms with Crippen LogP contribution in [0, 0.1) is 5.92 Å². The van der Waals surface area contributed by atoms with E-state index in [-0.39, 0.29) is 24.2 Å². The highest BCUT2D eigenvalue weighted by Gasteiger charge is 2.38. The first-order valence-electron chi connectivity index (χ1n) is 6.61.